The van der Waals surface area contributed by atoms with Crippen molar-refractivity contribution < 1.29 is 31.3 Å². The van der Waals surface area contributed by atoms with Gasteiger partial charge in [-0.15, -0.1) is 0 Å². The number of anilines is 1. The summed E-state index contributed by atoms with van der Waals surface area (Å²) in [6.45, 7) is 0. The molecule has 0 heterocycles. The van der Waals surface area contributed by atoms with Gasteiger partial charge in [-0.1, -0.05) is 24.3 Å². The van der Waals surface area contributed by atoms with Gasteiger partial charge < -0.3 is 5.73 Å². The monoisotopic (exact) mass is 364 g/mol. The van der Waals surface area contributed by atoms with E-state index in [1.165, 1.54) is 0 Å². The van der Waals surface area contributed by atoms with Gasteiger partial charge in [0.1, 0.15) is 0 Å². The van der Waals surface area contributed by atoms with Crippen LogP contribution in [0, 0.1) is 10.1 Å². The van der Waals surface area contributed by atoms with E-state index in [1.807, 2.05) is 0 Å². The first kappa shape index (κ1) is 18.6. The predicted octanol–water partition coefficient (Wildman–Crippen LogP) is 4.59. The number of nitro groups is 1. The third kappa shape index (κ3) is 2.99. The summed E-state index contributed by atoms with van der Waals surface area (Å²) in [5.74, 6) is 0. The van der Waals surface area contributed by atoms with E-state index in [9.17, 15) is 36.5 Å². The lowest BCUT2D eigenvalue weighted by Gasteiger charge is -2.38. The average Bonchev–Trinajstić information content (AvgIpc) is 2.47. The maximum atomic E-state index is 13.8. The number of nitrogens with two attached hydrogens (primary N) is 1. The van der Waals surface area contributed by atoms with Gasteiger partial charge in [0.05, 0.1) is 4.92 Å². The van der Waals surface area contributed by atoms with Gasteiger partial charge in [0.15, 0.2) is 0 Å². The molecule has 2 aromatic rings. The minimum atomic E-state index is -5.81. The molecule has 0 radical (unpaired) electrons. The van der Waals surface area contributed by atoms with Gasteiger partial charge in [-0.3, -0.25) is 10.1 Å². The molecule has 0 atom stereocenters. The molecule has 0 spiro atoms. The van der Waals surface area contributed by atoms with Crippen molar-refractivity contribution in [2.24, 2.45) is 0 Å². The molecule has 0 aliphatic carbocycles. The lowest BCUT2D eigenvalue weighted by molar-refractivity contribution is -0.385. The molecule has 0 saturated heterocycles. The molecule has 0 amide bonds. The van der Waals surface area contributed by atoms with Crippen molar-refractivity contribution in [2.45, 2.75) is 17.8 Å². The molecule has 2 aromatic carbocycles. The number of hydrogen-bond donors (Lipinski definition) is 1. The van der Waals surface area contributed by atoms with Gasteiger partial charge in [0.25, 0.3) is 5.69 Å². The standard InChI is InChI=1S/C15H10F6N2O2/c16-14(17,18)13(15(19,20)21,9-4-6-11(22)7-5-9)10-2-1-3-12(8-10)23(24)25/h1-8H,22H2. The average molecular weight is 364 g/mol. The Kier molecular flexibility index (Phi) is 4.41. The van der Waals surface area contributed by atoms with Crippen LogP contribution in [0.4, 0.5) is 37.7 Å². The molecule has 0 aliphatic rings. The van der Waals surface area contributed by atoms with Crippen LogP contribution in [0.1, 0.15) is 11.1 Å². The van der Waals surface area contributed by atoms with Crippen molar-refractivity contribution in [3.63, 3.8) is 0 Å². The fourth-order valence-electron chi connectivity index (χ4n) is 2.57. The number of alkyl halides is 6. The normalized spacial score (nSPS) is 12.9. The van der Waals surface area contributed by atoms with E-state index < -0.39 is 39.5 Å². The molecule has 25 heavy (non-hydrogen) atoms. The largest absolute Gasteiger partial charge is 0.411 e. The number of benzene rings is 2. The highest BCUT2D eigenvalue weighted by Crippen LogP contribution is 2.56. The van der Waals surface area contributed by atoms with E-state index in [2.05, 4.69) is 0 Å². The second-order valence-corrected chi connectivity index (χ2v) is 5.17. The van der Waals surface area contributed by atoms with Crippen LogP contribution in [0.5, 0.6) is 0 Å². The Hall–Kier alpha value is -2.78. The summed E-state index contributed by atoms with van der Waals surface area (Å²) in [5.41, 5.74) is -2.44. The van der Waals surface area contributed by atoms with E-state index in [-0.39, 0.29) is 11.8 Å². The lowest BCUT2D eigenvalue weighted by atomic mass is 9.72. The molecule has 10 heteroatoms. The highest BCUT2D eigenvalue weighted by Gasteiger charge is 2.72. The molecule has 0 unspecified atom stereocenters. The molecule has 0 aromatic heterocycles. The Labute approximate surface area is 137 Å². The Morgan fingerprint density at radius 1 is 0.840 bits per heavy atom. The van der Waals surface area contributed by atoms with Crippen LogP contribution >= 0.6 is 0 Å². The molecule has 134 valence electrons. The zero-order valence-electron chi connectivity index (χ0n) is 12.2. The van der Waals surface area contributed by atoms with Crippen molar-refractivity contribution in [1.29, 1.82) is 0 Å². The first-order valence-corrected chi connectivity index (χ1v) is 6.65. The number of halogens is 6. The van der Waals surface area contributed by atoms with E-state index in [1.54, 1.807) is 0 Å². The zero-order valence-corrected chi connectivity index (χ0v) is 12.2. The highest BCUT2D eigenvalue weighted by atomic mass is 19.4. The van der Waals surface area contributed by atoms with Crippen LogP contribution in [-0.4, -0.2) is 17.3 Å². The highest BCUT2D eigenvalue weighted by molar-refractivity contribution is 5.51. The predicted molar refractivity (Wildman–Crippen MR) is 76.8 cm³/mol. The Morgan fingerprint density at radius 3 is 1.80 bits per heavy atom. The number of non-ortho nitro benzene ring substituents is 1. The SMILES string of the molecule is Nc1ccc(C(c2cccc([N+](=O)[O-])c2)(C(F)(F)F)C(F)(F)F)cc1. The molecule has 0 saturated carbocycles. The minimum Gasteiger partial charge on any atom is -0.399 e. The zero-order chi connectivity index (χ0) is 19.0. The number of nitrogen functional groups attached to an aromatic ring is 1. The Balaban J connectivity index is 2.91. The van der Waals surface area contributed by atoms with Gasteiger partial charge in [-0.2, -0.15) is 26.3 Å². The van der Waals surface area contributed by atoms with Crippen LogP contribution in [0.25, 0.3) is 0 Å². The summed E-state index contributed by atoms with van der Waals surface area (Å²) in [7, 11) is 0. The quantitative estimate of drug-likeness (QED) is 0.375. The lowest BCUT2D eigenvalue weighted by Crippen LogP contribution is -2.54. The van der Waals surface area contributed by atoms with Gasteiger partial charge in [0, 0.05) is 17.8 Å². The molecule has 0 bridgehead atoms. The number of nitro benzene ring substituents is 1. The number of hydrogen-bond acceptors (Lipinski definition) is 3. The maximum absolute atomic E-state index is 13.8. The second kappa shape index (κ2) is 5.94. The molecule has 2 N–H and O–H groups in total. The fraction of sp³-hybridized carbons (Fsp3) is 0.200. The summed E-state index contributed by atoms with van der Waals surface area (Å²) >= 11 is 0. The topological polar surface area (TPSA) is 69.2 Å². The summed E-state index contributed by atoms with van der Waals surface area (Å²) in [6, 6.07) is 5.44. The Bertz CT molecular complexity index is 770. The summed E-state index contributed by atoms with van der Waals surface area (Å²) < 4.78 is 82.5. The van der Waals surface area contributed by atoms with Gasteiger partial charge in [0.2, 0.25) is 5.41 Å². The van der Waals surface area contributed by atoms with Gasteiger partial charge in [-0.05, 0) is 23.3 Å². The molecule has 2 rings (SSSR count). The number of nitrogens with zero attached hydrogens (tertiary/aromatic N) is 1. The summed E-state index contributed by atoms with van der Waals surface area (Å²) in [5, 5.41) is 10.8. The van der Waals surface area contributed by atoms with E-state index in [0.717, 1.165) is 24.3 Å². The van der Waals surface area contributed by atoms with Crippen molar-refractivity contribution in [3.8, 4) is 0 Å². The molecule has 0 fully saturated rings. The minimum absolute atomic E-state index is 0.0268. The van der Waals surface area contributed by atoms with Crippen molar-refractivity contribution in [3.05, 3.63) is 69.8 Å². The van der Waals surface area contributed by atoms with Crippen LogP contribution in [0.15, 0.2) is 48.5 Å². The molecule has 4 nitrogen and oxygen atoms in total. The fourth-order valence-corrected chi connectivity index (χ4v) is 2.57. The van der Waals surface area contributed by atoms with E-state index in [4.69, 9.17) is 5.73 Å². The van der Waals surface area contributed by atoms with Crippen molar-refractivity contribution >= 4 is 11.4 Å². The van der Waals surface area contributed by atoms with E-state index >= 15 is 0 Å². The summed E-state index contributed by atoms with van der Waals surface area (Å²) in [4.78, 5) is 9.72. The third-order valence-corrected chi connectivity index (χ3v) is 3.68. The van der Waals surface area contributed by atoms with Crippen LogP contribution in [-0.2, 0) is 5.41 Å². The molecule has 0 aliphatic heterocycles. The van der Waals surface area contributed by atoms with Gasteiger partial charge in [-0.25, -0.2) is 0 Å². The van der Waals surface area contributed by atoms with Crippen molar-refractivity contribution in [1.82, 2.24) is 0 Å². The molecular weight excluding hydrogens is 354 g/mol. The first-order valence-electron chi connectivity index (χ1n) is 6.65. The van der Waals surface area contributed by atoms with Crippen molar-refractivity contribution in [2.75, 3.05) is 5.73 Å². The summed E-state index contributed by atoms with van der Waals surface area (Å²) in [6.07, 6.45) is -11.6. The van der Waals surface area contributed by atoms with Crippen LogP contribution < -0.4 is 5.73 Å². The maximum Gasteiger partial charge on any atom is 0.411 e. The van der Waals surface area contributed by atoms with Crippen LogP contribution in [0.2, 0.25) is 0 Å². The van der Waals surface area contributed by atoms with E-state index in [0.29, 0.717) is 18.2 Å². The Morgan fingerprint density at radius 2 is 1.36 bits per heavy atom. The van der Waals surface area contributed by atoms with Crippen LogP contribution in [0.3, 0.4) is 0 Å². The van der Waals surface area contributed by atoms with Gasteiger partial charge >= 0.3 is 12.4 Å². The third-order valence-electron chi connectivity index (χ3n) is 3.68. The smallest absolute Gasteiger partial charge is 0.399 e. The number of rotatable bonds is 3. The first-order chi connectivity index (χ1) is 11.4. The second-order valence-electron chi connectivity index (χ2n) is 5.17. The molecular formula is C15H10F6N2O2.